The fourth-order valence-electron chi connectivity index (χ4n) is 3.84. The van der Waals surface area contributed by atoms with Gasteiger partial charge in [0.2, 0.25) is 11.0 Å². The summed E-state index contributed by atoms with van der Waals surface area (Å²) < 4.78 is 0.870. The number of thioether (sulfide) groups is 1. The highest BCUT2D eigenvalue weighted by atomic mass is 32.2. The molecule has 2 heterocycles. The third-order valence-corrected chi connectivity index (χ3v) is 7.42. The third kappa shape index (κ3) is 3.65. The van der Waals surface area contributed by atoms with E-state index in [0.717, 1.165) is 46.2 Å². The van der Waals surface area contributed by atoms with Crippen LogP contribution in [0.5, 0.6) is 0 Å². The normalized spacial score (nSPS) is 19.9. The van der Waals surface area contributed by atoms with Crippen LogP contribution in [-0.4, -0.2) is 27.6 Å². The lowest BCUT2D eigenvalue weighted by Crippen LogP contribution is -2.40. The van der Waals surface area contributed by atoms with Crippen LogP contribution in [0.4, 0.5) is 5.13 Å². The first-order chi connectivity index (χ1) is 13.6. The zero-order valence-corrected chi connectivity index (χ0v) is 17.7. The first-order valence-electron chi connectivity index (χ1n) is 9.70. The molecule has 0 spiro atoms. The molecule has 2 aromatic rings. The molecular formula is C21H23N3O2S2. The van der Waals surface area contributed by atoms with Crippen molar-refractivity contribution in [3.05, 3.63) is 46.7 Å². The Kier molecular flexibility index (Phi) is 5.64. The summed E-state index contributed by atoms with van der Waals surface area (Å²) in [5, 5.41) is 9.10. The molecule has 0 fully saturated rings. The van der Waals surface area contributed by atoms with E-state index < -0.39 is 0 Å². The van der Waals surface area contributed by atoms with E-state index in [-0.39, 0.29) is 17.6 Å². The van der Waals surface area contributed by atoms with Crippen LogP contribution in [0.2, 0.25) is 0 Å². The van der Waals surface area contributed by atoms with Crippen molar-refractivity contribution in [3.63, 3.8) is 0 Å². The van der Waals surface area contributed by atoms with Gasteiger partial charge in [-0.3, -0.25) is 14.5 Å². The van der Waals surface area contributed by atoms with Crippen LogP contribution in [0.1, 0.15) is 56.1 Å². The number of amides is 1. The van der Waals surface area contributed by atoms with Crippen LogP contribution in [-0.2, 0) is 9.59 Å². The van der Waals surface area contributed by atoms with Gasteiger partial charge in [0.05, 0.1) is 0 Å². The number of benzene rings is 1. The van der Waals surface area contributed by atoms with E-state index in [4.69, 9.17) is 0 Å². The first kappa shape index (κ1) is 19.3. The molecule has 4 rings (SSSR count). The number of allylic oxidation sites excluding steroid dienone is 2. The summed E-state index contributed by atoms with van der Waals surface area (Å²) in [6.45, 7) is 4.16. The van der Waals surface area contributed by atoms with Gasteiger partial charge in [-0.15, -0.1) is 10.2 Å². The molecular weight excluding hydrogens is 390 g/mol. The highest BCUT2D eigenvalue weighted by Gasteiger charge is 2.40. The molecule has 2 aliphatic rings. The smallest absolute Gasteiger partial charge is 0.234 e. The Hall–Kier alpha value is -1.99. The van der Waals surface area contributed by atoms with Crippen molar-refractivity contribution >= 4 is 39.9 Å². The lowest BCUT2D eigenvalue weighted by atomic mass is 9.77. The van der Waals surface area contributed by atoms with Crippen molar-refractivity contribution in [3.8, 4) is 0 Å². The van der Waals surface area contributed by atoms with Gasteiger partial charge in [0.1, 0.15) is 0 Å². The topological polar surface area (TPSA) is 63.2 Å². The van der Waals surface area contributed by atoms with Crippen LogP contribution in [0.25, 0.3) is 0 Å². The van der Waals surface area contributed by atoms with E-state index in [0.29, 0.717) is 18.0 Å². The minimum Gasteiger partial charge on any atom is -0.294 e. The maximum absolute atomic E-state index is 13.1. The number of rotatable bonds is 5. The summed E-state index contributed by atoms with van der Waals surface area (Å²) in [4.78, 5) is 27.7. The van der Waals surface area contributed by atoms with Crippen LogP contribution < -0.4 is 4.90 Å². The molecule has 0 unspecified atom stereocenters. The van der Waals surface area contributed by atoms with Gasteiger partial charge in [0.25, 0.3) is 0 Å². The molecule has 7 heteroatoms. The number of anilines is 1. The number of Topliss-reactive ketones (excluding diaryl/α,β-unsaturated/α-hetero) is 1. The van der Waals surface area contributed by atoms with Crippen molar-refractivity contribution in [1.29, 1.82) is 0 Å². The molecule has 0 N–H and O–H groups in total. The van der Waals surface area contributed by atoms with E-state index in [2.05, 4.69) is 17.1 Å². The maximum atomic E-state index is 13.1. The largest absolute Gasteiger partial charge is 0.294 e. The summed E-state index contributed by atoms with van der Waals surface area (Å²) in [5.74, 6) is 0.982. The van der Waals surface area contributed by atoms with Gasteiger partial charge in [-0.2, -0.15) is 0 Å². The maximum Gasteiger partial charge on any atom is 0.234 e. The lowest BCUT2D eigenvalue weighted by Gasteiger charge is -2.36. The van der Waals surface area contributed by atoms with Crippen LogP contribution >= 0.6 is 23.1 Å². The summed E-state index contributed by atoms with van der Waals surface area (Å²) in [5.41, 5.74) is 3.84. The van der Waals surface area contributed by atoms with Crippen molar-refractivity contribution < 1.29 is 9.59 Å². The fraction of sp³-hybridized carbons (Fsp3) is 0.429. The predicted octanol–water partition coefficient (Wildman–Crippen LogP) is 4.88. The van der Waals surface area contributed by atoms with E-state index in [1.807, 2.05) is 31.2 Å². The minimum atomic E-state index is -0.158. The Bertz CT molecular complexity index is 933. The van der Waals surface area contributed by atoms with E-state index >= 15 is 0 Å². The zero-order valence-electron chi connectivity index (χ0n) is 16.1. The number of ketones is 1. The molecule has 1 atom stereocenters. The standard InChI is InChI=1S/C21H23N3O2S2/c1-3-11-27-21-23-22-20(28-21)24-16-5-4-6-17(25)19(16)15(12-18(24)26)14-9-7-13(2)8-10-14/h7-10,15H,3-6,11-12H2,1-2H3/t15-/m1/s1. The Balaban J connectivity index is 1.74. The number of aryl methyl sites for hydroxylation is 1. The molecule has 1 amide bonds. The van der Waals surface area contributed by atoms with Crippen LogP contribution in [0.3, 0.4) is 0 Å². The number of hydrogen-bond donors (Lipinski definition) is 0. The van der Waals surface area contributed by atoms with Gasteiger partial charge in [0.15, 0.2) is 10.1 Å². The van der Waals surface area contributed by atoms with Crippen LogP contribution in [0, 0.1) is 6.92 Å². The SMILES string of the molecule is CCCSc1nnc(N2C(=O)C[C@H](c3ccc(C)cc3)C3=C2CCCC3=O)s1. The quantitative estimate of drug-likeness (QED) is 0.516. The van der Waals surface area contributed by atoms with Gasteiger partial charge in [-0.25, -0.2) is 0 Å². The van der Waals surface area contributed by atoms with Crippen molar-refractivity contribution in [1.82, 2.24) is 10.2 Å². The summed E-state index contributed by atoms with van der Waals surface area (Å²) in [7, 11) is 0. The lowest BCUT2D eigenvalue weighted by molar-refractivity contribution is -0.119. The molecule has 0 saturated carbocycles. The fourth-order valence-corrected chi connectivity index (χ4v) is 5.65. The van der Waals surface area contributed by atoms with Crippen molar-refractivity contribution in [2.75, 3.05) is 10.7 Å². The second-order valence-electron chi connectivity index (χ2n) is 7.23. The summed E-state index contributed by atoms with van der Waals surface area (Å²) in [6, 6.07) is 8.17. The van der Waals surface area contributed by atoms with Gasteiger partial charge in [-0.1, -0.05) is 59.9 Å². The first-order valence-corrected chi connectivity index (χ1v) is 11.5. The average molecular weight is 414 g/mol. The number of carbonyl (C=O) groups excluding carboxylic acids is 2. The van der Waals surface area contributed by atoms with E-state index in [1.165, 1.54) is 16.9 Å². The highest BCUT2D eigenvalue weighted by Crippen LogP contribution is 2.44. The average Bonchev–Trinajstić information content (AvgIpc) is 3.15. The molecule has 1 aliphatic heterocycles. The molecule has 146 valence electrons. The molecule has 0 saturated heterocycles. The zero-order chi connectivity index (χ0) is 19.7. The van der Waals surface area contributed by atoms with Gasteiger partial charge in [0, 0.05) is 35.8 Å². The number of nitrogens with zero attached hydrogens (tertiary/aromatic N) is 3. The van der Waals surface area contributed by atoms with Gasteiger partial charge in [-0.05, 0) is 31.7 Å². The Morgan fingerprint density at radius 3 is 2.71 bits per heavy atom. The summed E-state index contributed by atoms with van der Waals surface area (Å²) in [6.07, 6.45) is 3.41. The third-order valence-electron chi connectivity index (χ3n) is 5.17. The molecule has 1 aliphatic carbocycles. The summed E-state index contributed by atoms with van der Waals surface area (Å²) >= 11 is 3.10. The van der Waals surface area contributed by atoms with Crippen molar-refractivity contribution in [2.45, 2.75) is 56.2 Å². The Morgan fingerprint density at radius 2 is 1.96 bits per heavy atom. The second-order valence-corrected chi connectivity index (χ2v) is 9.53. The van der Waals surface area contributed by atoms with E-state index in [1.54, 1.807) is 16.7 Å². The van der Waals surface area contributed by atoms with Gasteiger partial charge >= 0.3 is 0 Å². The Labute approximate surface area is 173 Å². The number of hydrogen-bond acceptors (Lipinski definition) is 6. The number of aromatic nitrogens is 2. The molecule has 1 aromatic heterocycles. The molecule has 5 nitrogen and oxygen atoms in total. The molecule has 0 radical (unpaired) electrons. The van der Waals surface area contributed by atoms with E-state index in [9.17, 15) is 9.59 Å². The van der Waals surface area contributed by atoms with Gasteiger partial charge < -0.3 is 0 Å². The molecule has 0 bridgehead atoms. The second kappa shape index (κ2) is 8.17. The van der Waals surface area contributed by atoms with Crippen LogP contribution in [0.15, 0.2) is 39.9 Å². The van der Waals surface area contributed by atoms with Crippen molar-refractivity contribution in [2.24, 2.45) is 0 Å². The Morgan fingerprint density at radius 1 is 1.18 bits per heavy atom. The highest BCUT2D eigenvalue weighted by molar-refractivity contribution is 8.01. The number of carbonyl (C=O) groups is 2. The molecule has 1 aromatic carbocycles. The monoisotopic (exact) mass is 413 g/mol. The molecule has 28 heavy (non-hydrogen) atoms. The minimum absolute atomic E-state index is 0.00205. The predicted molar refractivity (Wildman–Crippen MR) is 113 cm³/mol.